The molecule has 0 aliphatic carbocycles. The fourth-order valence-corrected chi connectivity index (χ4v) is 2.18. The Bertz CT molecular complexity index is 846. The van der Waals surface area contributed by atoms with Crippen molar-refractivity contribution in [3.63, 3.8) is 0 Å². The second kappa shape index (κ2) is 6.84. The van der Waals surface area contributed by atoms with Crippen molar-refractivity contribution in [1.82, 2.24) is 5.43 Å². The molecule has 2 aromatic rings. The number of nitrogens with one attached hydrogen (secondary N) is 1. The van der Waals surface area contributed by atoms with Crippen LogP contribution in [-0.2, 0) is 6.18 Å². The van der Waals surface area contributed by atoms with Crippen molar-refractivity contribution < 1.29 is 28.2 Å². The van der Waals surface area contributed by atoms with Crippen LogP contribution in [0, 0.1) is 13.8 Å². The van der Waals surface area contributed by atoms with Crippen LogP contribution in [0.5, 0.6) is 11.5 Å². The first-order valence-electron chi connectivity index (χ1n) is 7.13. The summed E-state index contributed by atoms with van der Waals surface area (Å²) in [6.07, 6.45) is -3.81. The maximum Gasteiger partial charge on any atom is 0.419 e. The molecule has 2 rings (SSSR count). The van der Waals surface area contributed by atoms with Gasteiger partial charge in [-0.2, -0.15) is 18.3 Å². The largest absolute Gasteiger partial charge is 0.507 e. The third-order valence-electron chi connectivity index (χ3n) is 3.36. The van der Waals surface area contributed by atoms with E-state index >= 15 is 0 Å². The number of phenols is 2. The molecular formula is C17H15F3N2O3. The van der Waals surface area contributed by atoms with Gasteiger partial charge in [0.25, 0.3) is 5.91 Å². The van der Waals surface area contributed by atoms with Crippen LogP contribution in [0.1, 0.15) is 32.6 Å². The van der Waals surface area contributed by atoms with Crippen LogP contribution in [0.25, 0.3) is 0 Å². The molecule has 0 aromatic heterocycles. The lowest BCUT2D eigenvalue weighted by molar-refractivity contribution is -0.138. The molecule has 0 saturated carbocycles. The molecule has 0 aliphatic heterocycles. The molecule has 0 saturated heterocycles. The van der Waals surface area contributed by atoms with Gasteiger partial charge in [-0.1, -0.05) is 6.07 Å². The molecule has 0 unspecified atom stereocenters. The molecule has 0 heterocycles. The topological polar surface area (TPSA) is 81.9 Å². The van der Waals surface area contributed by atoms with Gasteiger partial charge in [-0.15, -0.1) is 0 Å². The van der Waals surface area contributed by atoms with E-state index in [4.69, 9.17) is 0 Å². The number of carbonyl (C=O) groups is 1. The molecule has 2 aromatic carbocycles. The summed E-state index contributed by atoms with van der Waals surface area (Å²) >= 11 is 0. The zero-order valence-electron chi connectivity index (χ0n) is 13.3. The molecule has 0 fully saturated rings. The number of hydrogen-bond acceptors (Lipinski definition) is 4. The van der Waals surface area contributed by atoms with Crippen molar-refractivity contribution >= 4 is 12.1 Å². The Morgan fingerprint density at radius 3 is 2.40 bits per heavy atom. The highest BCUT2D eigenvalue weighted by Crippen LogP contribution is 2.37. The van der Waals surface area contributed by atoms with Gasteiger partial charge in [0, 0.05) is 5.56 Å². The number of hydrazone groups is 1. The van der Waals surface area contributed by atoms with E-state index in [1.807, 2.05) is 0 Å². The monoisotopic (exact) mass is 352 g/mol. The number of alkyl halides is 3. The van der Waals surface area contributed by atoms with Crippen molar-refractivity contribution in [2.45, 2.75) is 20.0 Å². The van der Waals surface area contributed by atoms with Crippen LogP contribution >= 0.6 is 0 Å². The quantitative estimate of drug-likeness (QED) is 0.584. The van der Waals surface area contributed by atoms with Gasteiger partial charge < -0.3 is 10.2 Å². The summed E-state index contributed by atoms with van der Waals surface area (Å²) in [5, 5.41) is 23.0. The number of halogens is 3. The van der Waals surface area contributed by atoms with Crippen LogP contribution in [0.2, 0.25) is 0 Å². The normalized spacial score (nSPS) is 11.7. The summed E-state index contributed by atoms with van der Waals surface area (Å²) in [5.74, 6) is -1.96. The van der Waals surface area contributed by atoms with Crippen molar-refractivity contribution in [3.05, 3.63) is 58.1 Å². The van der Waals surface area contributed by atoms with Gasteiger partial charge in [-0.25, -0.2) is 5.43 Å². The van der Waals surface area contributed by atoms with Gasteiger partial charge in [-0.05, 0) is 49.2 Å². The second-order valence-electron chi connectivity index (χ2n) is 5.47. The van der Waals surface area contributed by atoms with Crippen LogP contribution < -0.4 is 5.43 Å². The number of rotatable bonds is 3. The second-order valence-corrected chi connectivity index (χ2v) is 5.47. The lowest BCUT2D eigenvalue weighted by Crippen LogP contribution is -2.18. The highest BCUT2D eigenvalue weighted by atomic mass is 19.4. The molecular weight excluding hydrogens is 337 g/mol. The highest BCUT2D eigenvalue weighted by molar-refractivity contribution is 5.97. The van der Waals surface area contributed by atoms with E-state index in [9.17, 15) is 28.2 Å². The Morgan fingerprint density at radius 2 is 1.80 bits per heavy atom. The molecule has 1 amide bonds. The van der Waals surface area contributed by atoms with Gasteiger partial charge in [-0.3, -0.25) is 4.79 Å². The van der Waals surface area contributed by atoms with Gasteiger partial charge in [0.1, 0.15) is 11.5 Å². The van der Waals surface area contributed by atoms with Crippen LogP contribution in [-0.4, -0.2) is 22.3 Å². The number of phenolic OH excluding ortho intramolecular Hbond substituents is 2. The Hall–Kier alpha value is -3.03. The van der Waals surface area contributed by atoms with E-state index in [1.165, 1.54) is 25.1 Å². The van der Waals surface area contributed by atoms with Crippen LogP contribution in [0.3, 0.4) is 0 Å². The van der Waals surface area contributed by atoms with Gasteiger partial charge >= 0.3 is 6.18 Å². The van der Waals surface area contributed by atoms with E-state index in [-0.39, 0.29) is 22.4 Å². The molecule has 0 radical (unpaired) electrons. The van der Waals surface area contributed by atoms with Crippen molar-refractivity contribution in [1.29, 1.82) is 0 Å². The van der Waals surface area contributed by atoms with Gasteiger partial charge in [0.05, 0.1) is 17.3 Å². The molecule has 132 valence electrons. The molecule has 0 aliphatic rings. The van der Waals surface area contributed by atoms with E-state index in [2.05, 4.69) is 10.5 Å². The van der Waals surface area contributed by atoms with Crippen molar-refractivity contribution in [2.24, 2.45) is 5.10 Å². The van der Waals surface area contributed by atoms with Crippen LogP contribution in [0.4, 0.5) is 13.2 Å². The lowest BCUT2D eigenvalue weighted by atomic mass is 10.0. The van der Waals surface area contributed by atoms with Crippen LogP contribution in [0.15, 0.2) is 35.4 Å². The Balaban J connectivity index is 2.22. The molecule has 5 nitrogen and oxygen atoms in total. The minimum Gasteiger partial charge on any atom is -0.507 e. The molecule has 8 heteroatoms. The molecule has 25 heavy (non-hydrogen) atoms. The zero-order chi connectivity index (χ0) is 18.8. The summed E-state index contributed by atoms with van der Waals surface area (Å²) in [4.78, 5) is 11.9. The predicted molar refractivity (Wildman–Crippen MR) is 85.7 cm³/mol. The number of amides is 1. The first kappa shape index (κ1) is 18.3. The zero-order valence-corrected chi connectivity index (χ0v) is 13.3. The maximum atomic E-state index is 12.9. The average molecular weight is 352 g/mol. The number of hydrogen-bond donors (Lipinski definition) is 3. The number of nitrogens with zero attached hydrogens (tertiary/aromatic N) is 1. The first-order valence-corrected chi connectivity index (χ1v) is 7.13. The third kappa shape index (κ3) is 4.28. The number of benzene rings is 2. The number of carbonyl (C=O) groups excluding carboxylic acids is 1. The summed E-state index contributed by atoms with van der Waals surface area (Å²) in [6.45, 7) is 3.17. The third-order valence-corrected chi connectivity index (χ3v) is 3.36. The summed E-state index contributed by atoms with van der Waals surface area (Å²) in [5.41, 5.74) is 1.70. The summed E-state index contributed by atoms with van der Waals surface area (Å²) < 4.78 is 38.6. The standard InChI is InChI=1S/C17H15F3N2O3/c1-9-3-4-12(14(23)7-9)16(25)22-21-8-11-5-10(2)6-13(15(11)24)17(18,19)20/h3-8,23-24H,1-2H3,(H,22,25)/b21-8+. The number of aromatic hydroxyl groups is 2. The van der Waals surface area contributed by atoms with E-state index < -0.39 is 23.4 Å². The molecule has 0 spiro atoms. The van der Waals surface area contributed by atoms with E-state index in [0.29, 0.717) is 0 Å². The Kier molecular flexibility index (Phi) is 5.01. The first-order chi connectivity index (χ1) is 11.6. The Morgan fingerprint density at radius 1 is 1.12 bits per heavy atom. The lowest BCUT2D eigenvalue weighted by Gasteiger charge is -2.12. The fraction of sp³-hybridized carbons (Fsp3) is 0.176. The maximum absolute atomic E-state index is 12.9. The van der Waals surface area contributed by atoms with Gasteiger partial charge in [0.15, 0.2) is 0 Å². The molecule has 0 atom stereocenters. The summed E-state index contributed by atoms with van der Waals surface area (Å²) in [6, 6.07) is 6.50. The minimum atomic E-state index is -4.71. The predicted octanol–water partition coefficient (Wildman–Crippen LogP) is 3.50. The van der Waals surface area contributed by atoms with Crippen molar-refractivity contribution in [2.75, 3.05) is 0 Å². The smallest absolute Gasteiger partial charge is 0.419 e. The van der Waals surface area contributed by atoms with E-state index in [1.54, 1.807) is 13.0 Å². The fourth-order valence-electron chi connectivity index (χ4n) is 2.18. The SMILES string of the molecule is Cc1ccc(C(=O)N/N=C/c2cc(C)cc(C(F)(F)F)c2O)c(O)c1. The van der Waals surface area contributed by atoms with E-state index in [0.717, 1.165) is 17.8 Å². The number of aryl methyl sites for hydroxylation is 2. The highest BCUT2D eigenvalue weighted by Gasteiger charge is 2.34. The molecule has 0 bridgehead atoms. The minimum absolute atomic E-state index is 0.0350. The van der Waals surface area contributed by atoms with Gasteiger partial charge in [0.2, 0.25) is 0 Å². The summed E-state index contributed by atoms with van der Waals surface area (Å²) in [7, 11) is 0. The average Bonchev–Trinajstić information content (AvgIpc) is 2.49. The Labute approximate surface area is 141 Å². The molecule has 3 N–H and O–H groups in total. The van der Waals surface area contributed by atoms with Crippen molar-refractivity contribution in [3.8, 4) is 11.5 Å².